The van der Waals surface area contributed by atoms with Crippen LogP contribution in [-0.2, 0) is 4.74 Å². The lowest BCUT2D eigenvalue weighted by atomic mass is 9.94. The van der Waals surface area contributed by atoms with Crippen molar-refractivity contribution in [1.82, 2.24) is 5.43 Å². The number of nitrogens with one attached hydrogen (secondary N) is 1. The Labute approximate surface area is 87.4 Å². The summed E-state index contributed by atoms with van der Waals surface area (Å²) in [6.45, 7) is 3.18. The van der Waals surface area contributed by atoms with Crippen molar-refractivity contribution < 1.29 is 4.74 Å². The predicted octanol–water partition coefficient (Wildman–Crippen LogP) is 1.68. The average Bonchev–Trinajstić information content (AvgIpc) is 2.60. The van der Waals surface area contributed by atoms with Crippen LogP contribution in [0.4, 0.5) is 0 Å². The summed E-state index contributed by atoms with van der Waals surface area (Å²) >= 11 is 0. The molecular weight excluding hydrogens is 176 g/mol. The number of nitrogens with two attached hydrogens (primary N) is 1. The summed E-state index contributed by atoms with van der Waals surface area (Å²) in [4.78, 5) is 0. The Morgan fingerprint density at radius 2 is 2.29 bits per heavy atom. The van der Waals surface area contributed by atoms with E-state index in [1.807, 2.05) is 0 Å². The largest absolute Gasteiger partial charge is 0.385 e. The van der Waals surface area contributed by atoms with E-state index in [2.05, 4.69) is 12.3 Å². The van der Waals surface area contributed by atoms with Gasteiger partial charge in [-0.05, 0) is 37.5 Å². The zero-order valence-electron chi connectivity index (χ0n) is 9.46. The highest BCUT2D eigenvalue weighted by atomic mass is 16.5. The van der Waals surface area contributed by atoms with E-state index >= 15 is 0 Å². The normalized spacial score (nSPS) is 29.4. The fourth-order valence-corrected chi connectivity index (χ4v) is 2.52. The lowest BCUT2D eigenvalue weighted by Crippen LogP contribution is -2.40. The minimum absolute atomic E-state index is 0.495. The molecule has 3 nitrogen and oxygen atoms in total. The number of hydrogen-bond donors (Lipinski definition) is 2. The molecule has 0 bridgehead atoms. The third-order valence-corrected chi connectivity index (χ3v) is 3.38. The van der Waals surface area contributed by atoms with Gasteiger partial charge < -0.3 is 4.74 Å². The van der Waals surface area contributed by atoms with Crippen LogP contribution >= 0.6 is 0 Å². The van der Waals surface area contributed by atoms with Crippen LogP contribution in [0.25, 0.3) is 0 Å². The Kier molecular flexibility index (Phi) is 5.45. The number of methoxy groups -OCH3 is 1. The molecular formula is C11H24N2O. The van der Waals surface area contributed by atoms with Crippen LogP contribution in [0.3, 0.4) is 0 Å². The SMILES string of the molecule is COCCCC(NN)C1CCC(C)C1. The van der Waals surface area contributed by atoms with Gasteiger partial charge in [0.2, 0.25) is 0 Å². The first kappa shape index (κ1) is 12.0. The van der Waals surface area contributed by atoms with Crippen molar-refractivity contribution >= 4 is 0 Å². The first-order valence-electron chi connectivity index (χ1n) is 5.73. The molecule has 0 aliphatic heterocycles. The van der Waals surface area contributed by atoms with Crippen molar-refractivity contribution in [2.45, 2.75) is 45.1 Å². The van der Waals surface area contributed by atoms with Crippen molar-refractivity contribution in [3.05, 3.63) is 0 Å². The average molecular weight is 200 g/mol. The predicted molar refractivity (Wildman–Crippen MR) is 58.7 cm³/mol. The molecule has 1 rings (SSSR count). The summed E-state index contributed by atoms with van der Waals surface area (Å²) in [5.41, 5.74) is 2.97. The fraction of sp³-hybridized carbons (Fsp3) is 1.00. The van der Waals surface area contributed by atoms with Gasteiger partial charge in [-0.25, -0.2) is 0 Å². The fourth-order valence-electron chi connectivity index (χ4n) is 2.52. The third kappa shape index (κ3) is 3.56. The van der Waals surface area contributed by atoms with Crippen molar-refractivity contribution in [2.75, 3.05) is 13.7 Å². The molecule has 1 saturated carbocycles. The van der Waals surface area contributed by atoms with Gasteiger partial charge in [-0.15, -0.1) is 0 Å². The standard InChI is InChI=1S/C11H24N2O/c1-9-5-6-10(8-9)11(13-12)4-3-7-14-2/h9-11,13H,3-8,12H2,1-2H3. The Hall–Kier alpha value is -0.120. The van der Waals surface area contributed by atoms with E-state index in [9.17, 15) is 0 Å². The molecule has 0 aromatic rings. The molecule has 3 unspecified atom stereocenters. The Bertz CT molecular complexity index is 152. The number of ether oxygens (including phenoxy) is 1. The van der Waals surface area contributed by atoms with Gasteiger partial charge in [0.05, 0.1) is 0 Å². The van der Waals surface area contributed by atoms with E-state index in [1.165, 1.54) is 19.3 Å². The zero-order chi connectivity index (χ0) is 10.4. The second-order valence-electron chi connectivity index (χ2n) is 4.59. The minimum atomic E-state index is 0.495. The molecule has 0 amide bonds. The van der Waals surface area contributed by atoms with Crippen LogP contribution in [0, 0.1) is 11.8 Å². The molecule has 1 fully saturated rings. The van der Waals surface area contributed by atoms with Crippen LogP contribution in [0.1, 0.15) is 39.0 Å². The van der Waals surface area contributed by atoms with Gasteiger partial charge in [0.1, 0.15) is 0 Å². The van der Waals surface area contributed by atoms with Crippen LogP contribution in [0.15, 0.2) is 0 Å². The maximum atomic E-state index is 5.59. The molecule has 3 heteroatoms. The Morgan fingerprint density at radius 1 is 1.50 bits per heavy atom. The Balaban J connectivity index is 2.23. The summed E-state index contributed by atoms with van der Waals surface area (Å²) in [7, 11) is 1.75. The Morgan fingerprint density at radius 3 is 2.79 bits per heavy atom. The maximum absolute atomic E-state index is 5.59. The summed E-state index contributed by atoms with van der Waals surface area (Å²) in [5.74, 6) is 7.26. The highest BCUT2D eigenvalue weighted by molar-refractivity contribution is 4.81. The highest BCUT2D eigenvalue weighted by Crippen LogP contribution is 2.33. The van der Waals surface area contributed by atoms with Gasteiger partial charge >= 0.3 is 0 Å². The maximum Gasteiger partial charge on any atom is 0.0462 e. The monoisotopic (exact) mass is 200 g/mol. The third-order valence-electron chi connectivity index (χ3n) is 3.38. The van der Waals surface area contributed by atoms with Crippen molar-refractivity contribution in [1.29, 1.82) is 0 Å². The molecule has 1 aliphatic carbocycles. The zero-order valence-corrected chi connectivity index (χ0v) is 9.46. The topological polar surface area (TPSA) is 47.3 Å². The van der Waals surface area contributed by atoms with Gasteiger partial charge in [0.25, 0.3) is 0 Å². The quantitative estimate of drug-likeness (QED) is 0.389. The molecule has 1 aliphatic rings. The van der Waals surface area contributed by atoms with Crippen molar-refractivity contribution in [2.24, 2.45) is 17.7 Å². The molecule has 0 radical (unpaired) electrons. The van der Waals surface area contributed by atoms with E-state index < -0.39 is 0 Å². The molecule has 0 aromatic heterocycles. The summed E-state index contributed by atoms with van der Waals surface area (Å²) < 4.78 is 5.05. The van der Waals surface area contributed by atoms with Gasteiger partial charge in [-0.2, -0.15) is 0 Å². The van der Waals surface area contributed by atoms with E-state index in [1.54, 1.807) is 7.11 Å². The van der Waals surface area contributed by atoms with Crippen LogP contribution in [0.5, 0.6) is 0 Å². The molecule has 84 valence electrons. The smallest absolute Gasteiger partial charge is 0.0462 e. The molecule has 0 heterocycles. The van der Waals surface area contributed by atoms with Crippen LogP contribution in [0.2, 0.25) is 0 Å². The molecule has 0 saturated heterocycles. The van der Waals surface area contributed by atoms with Crippen molar-refractivity contribution in [3.63, 3.8) is 0 Å². The van der Waals surface area contributed by atoms with Crippen LogP contribution < -0.4 is 11.3 Å². The van der Waals surface area contributed by atoms with Gasteiger partial charge in [0.15, 0.2) is 0 Å². The second-order valence-corrected chi connectivity index (χ2v) is 4.59. The summed E-state index contributed by atoms with van der Waals surface area (Å²) in [6, 6.07) is 0.495. The molecule has 14 heavy (non-hydrogen) atoms. The van der Waals surface area contributed by atoms with E-state index in [4.69, 9.17) is 10.6 Å². The summed E-state index contributed by atoms with van der Waals surface area (Å²) in [6.07, 6.45) is 6.29. The van der Waals surface area contributed by atoms with Gasteiger partial charge in [0, 0.05) is 19.8 Å². The molecule has 0 aromatic carbocycles. The molecule has 3 N–H and O–H groups in total. The first-order chi connectivity index (χ1) is 6.77. The molecule has 0 spiro atoms. The summed E-state index contributed by atoms with van der Waals surface area (Å²) in [5, 5.41) is 0. The number of hydrogen-bond acceptors (Lipinski definition) is 3. The first-order valence-corrected chi connectivity index (χ1v) is 5.73. The van der Waals surface area contributed by atoms with E-state index in [0.717, 1.165) is 31.3 Å². The van der Waals surface area contributed by atoms with E-state index in [-0.39, 0.29) is 0 Å². The lowest BCUT2D eigenvalue weighted by molar-refractivity contribution is 0.183. The number of hydrazine groups is 1. The van der Waals surface area contributed by atoms with E-state index in [0.29, 0.717) is 6.04 Å². The lowest BCUT2D eigenvalue weighted by Gasteiger charge is -2.22. The van der Waals surface area contributed by atoms with Gasteiger partial charge in [-0.3, -0.25) is 11.3 Å². The minimum Gasteiger partial charge on any atom is -0.385 e. The van der Waals surface area contributed by atoms with Crippen LogP contribution in [-0.4, -0.2) is 19.8 Å². The molecule has 3 atom stereocenters. The second kappa shape index (κ2) is 6.38. The highest BCUT2D eigenvalue weighted by Gasteiger charge is 2.27. The number of rotatable bonds is 6. The van der Waals surface area contributed by atoms with Gasteiger partial charge in [-0.1, -0.05) is 13.3 Å². The van der Waals surface area contributed by atoms with Crippen molar-refractivity contribution in [3.8, 4) is 0 Å².